The summed E-state index contributed by atoms with van der Waals surface area (Å²) in [6.45, 7) is 3.36. The lowest BCUT2D eigenvalue weighted by atomic mass is 9.99. The smallest absolute Gasteiger partial charge is 0.0483 e. The summed E-state index contributed by atoms with van der Waals surface area (Å²) in [5, 5.41) is 11.6. The summed E-state index contributed by atoms with van der Waals surface area (Å²) in [6, 6.07) is 13.0. The average molecular weight is 306 g/mol. The molecule has 0 radical (unpaired) electrons. The molecule has 1 aliphatic rings. The van der Waals surface area contributed by atoms with Crippen LogP contribution in [0.2, 0.25) is 0 Å². The normalized spacial score (nSPS) is 17.0. The maximum atomic E-state index is 9.01. The number of halogens is 1. The standard InChI is InChI=1S/C15H16BrNO/c16-15-4-3-13-5-11(1-2-14(13)6-15)7-17-8-12(9-17)10-18/h1-6,12,18H,7-10H2. The molecule has 1 heterocycles. The number of benzene rings is 2. The van der Waals surface area contributed by atoms with E-state index < -0.39 is 0 Å². The Kier molecular flexibility index (Phi) is 3.37. The SMILES string of the molecule is OCC1CN(Cc2ccc3cc(Br)ccc3c2)C1. The number of rotatable bonds is 3. The Bertz CT molecular complexity index is 563. The summed E-state index contributed by atoms with van der Waals surface area (Å²) in [5.41, 5.74) is 1.35. The van der Waals surface area contributed by atoms with E-state index in [0.29, 0.717) is 12.5 Å². The van der Waals surface area contributed by atoms with Gasteiger partial charge in [0, 0.05) is 36.6 Å². The first kappa shape index (κ1) is 12.2. The van der Waals surface area contributed by atoms with Crippen molar-refractivity contribution in [2.24, 2.45) is 5.92 Å². The molecule has 2 nitrogen and oxygen atoms in total. The van der Waals surface area contributed by atoms with E-state index in [2.05, 4.69) is 57.2 Å². The highest BCUT2D eigenvalue weighted by Crippen LogP contribution is 2.23. The van der Waals surface area contributed by atoms with Crippen molar-refractivity contribution in [3.05, 3.63) is 46.4 Å². The van der Waals surface area contributed by atoms with Gasteiger partial charge in [-0.05, 0) is 34.5 Å². The molecular weight excluding hydrogens is 290 g/mol. The van der Waals surface area contributed by atoms with Gasteiger partial charge in [-0.15, -0.1) is 0 Å². The number of hydrogen-bond acceptors (Lipinski definition) is 2. The van der Waals surface area contributed by atoms with E-state index in [0.717, 1.165) is 24.1 Å². The van der Waals surface area contributed by atoms with Crippen LogP contribution < -0.4 is 0 Å². The van der Waals surface area contributed by atoms with Gasteiger partial charge in [-0.3, -0.25) is 4.90 Å². The first-order valence-corrected chi connectivity index (χ1v) is 7.05. The Morgan fingerprint density at radius 2 is 1.83 bits per heavy atom. The average Bonchev–Trinajstić information content (AvgIpc) is 2.33. The van der Waals surface area contributed by atoms with E-state index >= 15 is 0 Å². The third-order valence-electron chi connectivity index (χ3n) is 3.56. The van der Waals surface area contributed by atoms with Crippen LogP contribution in [0.25, 0.3) is 10.8 Å². The molecule has 1 aliphatic heterocycles. The van der Waals surface area contributed by atoms with Crippen LogP contribution in [0.1, 0.15) is 5.56 Å². The Morgan fingerprint density at radius 3 is 2.61 bits per heavy atom. The maximum absolute atomic E-state index is 9.01. The van der Waals surface area contributed by atoms with E-state index in [4.69, 9.17) is 5.11 Å². The number of fused-ring (bicyclic) bond motifs is 1. The van der Waals surface area contributed by atoms with Crippen LogP contribution in [-0.4, -0.2) is 29.7 Å². The van der Waals surface area contributed by atoms with Crippen LogP contribution in [0.4, 0.5) is 0 Å². The van der Waals surface area contributed by atoms with Gasteiger partial charge in [0.1, 0.15) is 0 Å². The molecule has 0 amide bonds. The molecule has 0 unspecified atom stereocenters. The molecule has 0 aromatic heterocycles. The number of hydrogen-bond donors (Lipinski definition) is 1. The second-order valence-corrected chi connectivity index (χ2v) is 5.98. The predicted molar refractivity (Wildman–Crippen MR) is 77.5 cm³/mol. The monoisotopic (exact) mass is 305 g/mol. The summed E-state index contributed by atoms with van der Waals surface area (Å²) < 4.78 is 1.12. The van der Waals surface area contributed by atoms with Crippen molar-refractivity contribution in [2.45, 2.75) is 6.54 Å². The summed E-state index contributed by atoms with van der Waals surface area (Å²) >= 11 is 3.49. The molecule has 94 valence electrons. The van der Waals surface area contributed by atoms with Crippen molar-refractivity contribution in [3.8, 4) is 0 Å². The van der Waals surface area contributed by atoms with Crippen molar-refractivity contribution in [2.75, 3.05) is 19.7 Å². The van der Waals surface area contributed by atoms with Crippen LogP contribution in [0.15, 0.2) is 40.9 Å². The molecule has 0 spiro atoms. The largest absolute Gasteiger partial charge is 0.396 e. The molecule has 18 heavy (non-hydrogen) atoms. The van der Waals surface area contributed by atoms with Gasteiger partial charge in [-0.25, -0.2) is 0 Å². The highest BCUT2D eigenvalue weighted by molar-refractivity contribution is 9.10. The molecule has 3 rings (SSSR count). The van der Waals surface area contributed by atoms with Crippen LogP contribution in [0.3, 0.4) is 0 Å². The molecule has 0 atom stereocenters. The van der Waals surface area contributed by atoms with Crippen molar-refractivity contribution in [1.29, 1.82) is 0 Å². The second kappa shape index (κ2) is 5.00. The van der Waals surface area contributed by atoms with Crippen LogP contribution in [-0.2, 0) is 6.54 Å². The molecule has 1 fully saturated rings. The molecule has 1 saturated heterocycles. The predicted octanol–water partition coefficient (Wildman–Crippen LogP) is 3.03. The first-order valence-electron chi connectivity index (χ1n) is 6.26. The van der Waals surface area contributed by atoms with Gasteiger partial charge in [0.2, 0.25) is 0 Å². The number of aliphatic hydroxyl groups is 1. The zero-order chi connectivity index (χ0) is 12.5. The highest BCUT2D eigenvalue weighted by atomic mass is 79.9. The number of likely N-dealkylation sites (tertiary alicyclic amines) is 1. The lowest BCUT2D eigenvalue weighted by Crippen LogP contribution is -2.47. The second-order valence-electron chi connectivity index (χ2n) is 5.07. The van der Waals surface area contributed by atoms with Crippen molar-refractivity contribution in [3.63, 3.8) is 0 Å². The van der Waals surface area contributed by atoms with Crippen LogP contribution in [0.5, 0.6) is 0 Å². The lowest BCUT2D eigenvalue weighted by molar-refractivity contribution is 0.0479. The van der Waals surface area contributed by atoms with Crippen LogP contribution >= 0.6 is 15.9 Å². The van der Waals surface area contributed by atoms with Gasteiger partial charge in [-0.2, -0.15) is 0 Å². The molecule has 3 heteroatoms. The maximum Gasteiger partial charge on any atom is 0.0483 e. The van der Waals surface area contributed by atoms with Gasteiger partial charge >= 0.3 is 0 Å². The molecule has 2 aromatic rings. The van der Waals surface area contributed by atoms with Crippen molar-refractivity contribution < 1.29 is 5.11 Å². The van der Waals surface area contributed by atoms with E-state index in [9.17, 15) is 0 Å². The third kappa shape index (κ3) is 2.44. The fourth-order valence-corrected chi connectivity index (χ4v) is 2.92. The van der Waals surface area contributed by atoms with Crippen molar-refractivity contribution in [1.82, 2.24) is 4.90 Å². The zero-order valence-electron chi connectivity index (χ0n) is 10.1. The Labute approximate surface area is 115 Å². The highest BCUT2D eigenvalue weighted by Gasteiger charge is 2.25. The fourth-order valence-electron chi connectivity index (χ4n) is 2.54. The summed E-state index contributed by atoms with van der Waals surface area (Å²) in [6.07, 6.45) is 0. The van der Waals surface area contributed by atoms with Gasteiger partial charge in [-0.1, -0.05) is 34.1 Å². The Balaban J connectivity index is 1.75. The van der Waals surface area contributed by atoms with E-state index in [1.54, 1.807) is 0 Å². The number of aliphatic hydroxyl groups excluding tert-OH is 1. The van der Waals surface area contributed by atoms with Crippen molar-refractivity contribution >= 4 is 26.7 Å². The quantitative estimate of drug-likeness (QED) is 0.942. The minimum Gasteiger partial charge on any atom is -0.396 e. The lowest BCUT2D eigenvalue weighted by Gasteiger charge is -2.38. The van der Waals surface area contributed by atoms with Gasteiger partial charge in [0.15, 0.2) is 0 Å². The van der Waals surface area contributed by atoms with Gasteiger partial charge in [0.25, 0.3) is 0 Å². The van der Waals surface area contributed by atoms with E-state index in [-0.39, 0.29) is 0 Å². The molecule has 2 aromatic carbocycles. The minimum absolute atomic E-state index is 0.322. The third-order valence-corrected chi connectivity index (χ3v) is 4.06. The minimum atomic E-state index is 0.322. The Morgan fingerprint density at radius 1 is 1.11 bits per heavy atom. The topological polar surface area (TPSA) is 23.5 Å². The van der Waals surface area contributed by atoms with E-state index in [1.165, 1.54) is 16.3 Å². The molecule has 0 saturated carbocycles. The zero-order valence-corrected chi connectivity index (χ0v) is 11.7. The molecule has 1 N–H and O–H groups in total. The molecular formula is C15H16BrNO. The van der Waals surface area contributed by atoms with Gasteiger partial charge in [0.05, 0.1) is 0 Å². The molecule has 0 aliphatic carbocycles. The van der Waals surface area contributed by atoms with Crippen LogP contribution in [0, 0.1) is 5.92 Å². The summed E-state index contributed by atoms with van der Waals surface area (Å²) in [5.74, 6) is 0.487. The van der Waals surface area contributed by atoms with E-state index in [1.807, 2.05) is 0 Å². The number of nitrogens with zero attached hydrogens (tertiary/aromatic N) is 1. The van der Waals surface area contributed by atoms with Gasteiger partial charge < -0.3 is 5.11 Å². The summed E-state index contributed by atoms with van der Waals surface area (Å²) in [4.78, 5) is 2.38. The summed E-state index contributed by atoms with van der Waals surface area (Å²) in [7, 11) is 0. The molecule has 0 bridgehead atoms. The Hall–Kier alpha value is -0.900. The first-order chi connectivity index (χ1) is 8.74. The fraction of sp³-hybridized carbons (Fsp3) is 0.333.